The summed E-state index contributed by atoms with van der Waals surface area (Å²) in [5.74, 6) is -0.188. The van der Waals surface area contributed by atoms with Crippen LogP contribution in [-0.4, -0.2) is 19.1 Å². The largest absolute Gasteiger partial charge is 0.461 e. The van der Waals surface area contributed by atoms with Crippen LogP contribution >= 0.6 is 12.4 Å². The van der Waals surface area contributed by atoms with E-state index in [1.165, 1.54) is 12.1 Å². The number of benzene rings is 1. The van der Waals surface area contributed by atoms with Gasteiger partial charge in [-0.2, -0.15) is 17.6 Å². The second-order valence-corrected chi connectivity index (χ2v) is 4.50. The van der Waals surface area contributed by atoms with Crippen LogP contribution < -0.4 is 10.1 Å². The van der Waals surface area contributed by atoms with Crippen LogP contribution in [-0.2, 0) is 0 Å². The SMILES string of the molecule is Cl.FC(F)C(F)(F)Oc1ccccc1[C@@H]1CCCCN1. The molecule has 0 bridgehead atoms. The molecule has 0 radical (unpaired) electrons. The molecule has 1 aliphatic rings. The number of para-hydroxylation sites is 1. The lowest BCUT2D eigenvalue weighted by Gasteiger charge is -2.27. The zero-order valence-electron chi connectivity index (χ0n) is 10.6. The Labute approximate surface area is 120 Å². The number of rotatable bonds is 4. The van der Waals surface area contributed by atoms with Gasteiger partial charge in [0.25, 0.3) is 0 Å². The zero-order valence-corrected chi connectivity index (χ0v) is 11.4. The molecule has 0 unspecified atom stereocenters. The van der Waals surface area contributed by atoms with Crippen molar-refractivity contribution in [3.05, 3.63) is 29.8 Å². The zero-order chi connectivity index (χ0) is 13.9. The van der Waals surface area contributed by atoms with Crippen LogP contribution in [0, 0.1) is 0 Å². The first kappa shape index (κ1) is 17.0. The summed E-state index contributed by atoms with van der Waals surface area (Å²) in [5.41, 5.74) is 0.502. The fraction of sp³-hybridized carbons (Fsp3) is 0.538. The Morgan fingerprint density at radius 1 is 1.20 bits per heavy atom. The fourth-order valence-corrected chi connectivity index (χ4v) is 2.17. The molecule has 0 saturated carbocycles. The van der Waals surface area contributed by atoms with Crippen LogP contribution in [0.5, 0.6) is 5.75 Å². The predicted molar refractivity (Wildman–Crippen MR) is 69.9 cm³/mol. The molecule has 1 heterocycles. The second kappa shape index (κ2) is 7.13. The van der Waals surface area contributed by atoms with Crippen molar-refractivity contribution in [3.8, 4) is 5.75 Å². The van der Waals surface area contributed by atoms with Crippen molar-refractivity contribution in [2.45, 2.75) is 37.8 Å². The molecule has 1 N–H and O–H groups in total. The Hall–Kier alpha value is -1.01. The Balaban J connectivity index is 0.00000200. The van der Waals surface area contributed by atoms with E-state index in [9.17, 15) is 17.6 Å². The number of nitrogens with one attached hydrogen (secondary N) is 1. The lowest BCUT2D eigenvalue weighted by atomic mass is 9.97. The average molecular weight is 314 g/mol. The van der Waals surface area contributed by atoms with Gasteiger partial charge in [0.05, 0.1) is 0 Å². The first-order valence-electron chi connectivity index (χ1n) is 6.18. The molecule has 0 aromatic heterocycles. The second-order valence-electron chi connectivity index (χ2n) is 4.50. The van der Waals surface area contributed by atoms with E-state index < -0.39 is 12.5 Å². The normalized spacial score (nSPS) is 19.6. The highest BCUT2D eigenvalue weighted by Gasteiger charge is 2.44. The van der Waals surface area contributed by atoms with Crippen molar-refractivity contribution in [2.24, 2.45) is 0 Å². The average Bonchev–Trinajstić information content (AvgIpc) is 2.40. The van der Waals surface area contributed by atoms with Gasteiger partial charge in [0.15, 0.2) is 0 Å². The maximum absolute atomic E-state index is 13.0. The van der Waals surface area contributed by atoms with E-state index in [-0.39, 0.29) is 24.2 Å². The highest BCUT2D eigenvalue weighted by Crippen LogP contribution is 2.34. The van der Waals surface area contributed by atoms with E-state index >= 15 is 0 Å². The molecule has 0 aliphatic carbocycles. The first-order chi connectivity index (χ1) is 9.00. The summed E-state index contributed by atoms with van der Waals surface area (Å²) in [6.45, 7) is 0.782. The molecular formula is C13H16ClF4NO. The third-order valence-electron chi connectivity index (χ3n) is 3.10. The van der Waals surface area contributed by atoms with Gasteiger partial charge in [0, 0.05) is 11.6 Å². The van der Waals surface area contributed by atoms with Crippen LogP contribution in [0.25, 0.3) is 0 Å². The number of hydrogen-bond acceptors (Lipinski definition) is 2. The smallest absolute Gasteiger partial charge is 0.428 e. The Morgan fingerprint density at radius 3 is 2.50 bits per heavy atom. The van der Waals surface area contributed by atoms with Gasteiger partial charge in [-0.15, -0.1) is 12.4 Å². The molecule has 1 atom stereocenters. The molecule has 20 heavy (non-hydrogen) atoms. The van der Waals surface area contributed by atoms with Crippen molar-refractivity contribution in [1.82, 2.24) is 5.32 Å². The molecular weight excluding hydrogens is 298 g/mol. The predicted octanol–water partition coefficient (Wildman–Crippen LogP) is 4.16. The number of halogens is 5. The minimum atomic E-state index is -4.47. The summed E-state index contributed by atoms with van der Waals surface area (Å²) in [4.78, 5) is 0. The molecule has 7 heteroatoms. The summed E-state index contributed by atoms with van der Waals surface area (Å²) in [6.07, 6.45) is -5.55. The number of alkyl halides is 4. The van der Waals surface area contributed by atoms with Crippen LogP contribution in [0.2, 0.25) is 0 Å². The van der Waals surface area contributed by atoms with Crippen molar-refractivity contribution in [2.75, 3.05) is 6.54 Å². The van der Waals surface area contributed by atoms with Gasteiger partial charge < -0.3 is 10.1 Å². The monoisotopic (exact) mass is 313 g/mol. The first-order valence-corrected chi connectivity index (χ1v) is 6.18. The highest BCUT2D eigenvalue weighted by atomic mass is 35.5. The summed E-state index contributed by atoms with van der Waals surface area (Å²) in [5, 5.41) is 3.18. The molecule has 1 saturated heterocycles. The molecule has 0 spiro atoms. The molecule has 1 aliphatic heterocycles. The van der Waals surface area contributed by atoms with E-state index in [0.717, 1.165) is 25.8 Å². The van der Waals surface area contributed by atoms with Crippen molar-refractivity contribution >= 4 is 12.4 Å². The van der Waals surface area contributed by atoms with Gasteiger partial charge in [-0.05, 0) is 25.5 Å². The van der Waals surface area contributed by atoms with E-state index in [1.54, 1.807) is 12.1 Å². The highest BCUT2D eigenvalue weighted by molar-refractivity contribution is 5.85. The minimum absolute atomic E-state index is 0. The quantitative estimate of drug-likeness (QED) is 0.843. The molecule has 2 nitrogen and oxygen atoms in total. The van der Waals surface area contributed by atoms with E-state index in [0.29, 0.717) is 5.56 Å². The molecule has 1 aromatic rings. The fourth-order valence-electron chi connectivity index (χ4n) is 2.17. The van der Waals surface area contributed by atoms with Crippen molar-refractivity contribution in [3.63, 3.8) is 0 Å². The van der Waals surface area contributed by atoms with Gasteiger partial charge in [-0.1, -0.05) is 24.6 Å². The lowest BCUT2D eigenvalue weighted by molar-refractivity contribution is -0.253. The summed E-state index contributed by atoms with van der Waals surface area (Å²) >= 11 is 0. The Bertz CT molecular complexity index is 425. The molecule has 1 aromatic carbocycles. The van der Waals surface area contributed by atoms with Gasteiger partial charge in [-0.25, -0.2) is 0 Å². The van der Waals surface area contributed by atoms with Crippen LogP contribution in [0.1, 0.15) is 30.9 Å². The van der Waals surface area contributed by atoms with Gasteiger partial charge >= 0.3 is 12.5 Å². The summed E-state index contributed by atoms with van der Waals surface area (Å²) in [6, 6.07) is 5.96. The third-order valence-corrected chi connectivity index (χ3v) is 3.10. The number of ether oxygens (including phenoxy) is 1. The number of hydrogen-bond donors (Lipinski definition) is 1. The van der Waals surface area contributed by atoms with Crippen molar-refractivity contribution in [1.29, 1.82) is 0 Å². The van der Waals surface area contributed by atoms with Gasteiger partial charge in [0.1, 0.15) is 5.75 Å². The van der Waals surface area contributed by atoms with Crippen molar-refractivity contribution < 1.29 is 22.3 Å². The Morgan fingerprint density at radius 2 is 1.90 bits per heavy atom. The van der Waals surface area contributed by atoms with Crippen LogP contribution in [0.4, 0.5) is 17.6 Å². The van der Waals surface area contributed by atoms with E-state index in [1.807, 2.05) is 0 Å². The van der Waals surface area contributed by atoms with Crippen LogP contribution in [0.15, 0.2) is 24.3 Å². The minimum Gasteiger partial charge on any atom is -0.428 e. The lowest BCUT2D eigenvalue weighted by Crippen LogP contribution is -2.34. The molecule has 0 amide bonds. The van der Waals surface area contributed by atoms with Crippen LogP contribution in [0.3, 0.4) is 0 Å². The summed E-state index contributed by atoms with van der Waals surface area (Å²) in [7, 11) is 0. The van der Waals surface area contributed by atoms with E-state index in [4.69, 9.17) is 0 Å². The standard InChI is InChI=1S/C13H15F4NO.ClH/c14-12(15)13(16,17)19-11-7-2-1-5-9(11)10-6-3-4-8-18-10;/h1-2,5,7,10,12,18H,3-4,6,8H2;1H/t10-;/m0./s1. The molecule has 1 fully saturated rings. The van der Waals surface area contributed by atoms with Gasteiger partial charge in [-0.3, -0.25) is 0 Å². The topological polar surface area (TPSA) is 21.3 Å². The molecule has 114 valence electrons. The third kappa shape index (κ3) is 3.99. The molecule has 2 rings (SSSR count). The summed E-state index contributed by atoms with van der Waals surface area (Å²) < 4.78 is 54.6. The Kier molecular flexibility index (Phi) is 6.07. The van der Waals surface area contributed by atoms with Gasteiger partial charge in [0.2, 0.25) is 0 Å². The maximum atomic E-state index is 13.0. The number of piperidine rings is 1. The maximum Gasteiger partial charge on any atom is 0.461 e. The van der Waals surface area contributed by atoms with E-state index in [2.05, 4.69) is 10.1 Å².